The predicted octanol–water partition coefficient (Wildman–Crippen LogP) is -0.146. The fourth-order valence-corrected chi connectivity index (χ4v) is 2.57. The summed E-state index contributed by atoms with van der Waals surface area (Å²) in [5.41, 5.74) is -3.32. The highest BCUT2D eigenvalue weighted by molar-refractivity contribution is 6.18. The molecule has 86 valence electrons. The van der Waals surface area contributed by atoms with E-state index in [-0.39, 0.29) is 12.8 Å². The lowest BCUT2D eigenvalue weighted by Crippen LogP contribution is -2.60. The minimum atomic E-state index is -1.66. The Morgan fingerprint density at radius 1 is 0.875 bits per heavy atom. The number of carbonyl (C=O) groups is 4. The molecular weight excluding hydrogens is 216 g/mol. The van der Waals surface area contributed by atoms with Gasteiger partial charge in [-0.1, -0.05) is 0 Å². The number of hydrogen-bond acceptors (Lipinski definition) is 4. The molecule has 6 heteroatoms. The van der Waals surface area contributed by atoms with E-state index in [0.717, 1.165) is 0 Å². The highest BCUT2D eigenvalue weighted by Gasteiger charge is 2.65. The number of hydrogen-bond donors (Lipinski definition) is 2. The van der Waals surface area contributed by atoms with E-state index in [0.29, 0.717) is 0 Å². The summed E-state index contributed by atoms with van der Waals surface area (Å²) in [7, 11) is 0. The number of rotatable bonds is 2. The molecule has 2 atom stereocenters. The van der Waals surface area contributed by atoms with Gasteiger partial charge in [0.1, 0.15) is 10.8 Å². The van der Waals surface area contributed by atoms with Gasteiger partial charge in [0.15, 0.2) is 11.6 Å². The molecule has 0 aromatic heterocycles. The summed E-state index contributed by atoms with van der Waals surface area (Å²) in [6.45, 7) is 0. The first-order valence-electron chi connectivity index (χ1n) is 4.89. The maximum absolute atomic E-state index is 11.7. The molecule has 2 N–H and O–H groups in total. The molecule has 0 aliphatic heterocycles. The van der Waals surface area contributed by atoms with Crippen LogP contribution < -0.4 is 0 Å². The number of carbonyl (C=O) groups excluding carboxylic acids is 2. The Labute approximate surface area is 90.2 Å². The summed E-state index contributed by atoms with van der Waals surface area (Å²) in [6, 6.07) is 0. The van der Waals surface area contributed by atoms with Gasteiger partial charge >= 0.3 is 11.9 Å². The van der Waals surface area contributed by atoms with Gasteiger partial charge in [0.05, 0.1) is 0 Å². The molecule has 3 rings (SSSR count). The second-order valence-corrected chi connectivity index (χ2v) is 4.47. The van der Waals surface area contributed by atoms with E-state index in [9.17, 15) is 19.2 Å². The highest BCUT2D eigenvalue weighted by Crippen LogP contribution is 2.53. The van der Waals surface area contributed by atoms with E-state index < -0.39 is 47.2 Å². The first-order valence-corrected chi connectivity index (χ1v) is 4.89. The van der Waals surface area contributed by atoms with E-state index in [2.05, 4.69) is 0 Å². The van der Waals surface area contributed by atoms with Crippen LogP contribution in [0.5, 0.6) is 0 Å². The third-order valence-corrected chi connectivity index (χ3v) is 3.79. The van der Waals surface area contributed by atoms with E-state index >= 15 is 0 Å². The fraction of sp³-hybridized carbons (Fsp3) is 0.600. The summed E-state index contributed by atoms with van der Waals surface area (Å²) in [6.07, 6.45) is -1.07. The number of carboxylic acids is 2. The molecule has 3 fully saturated rings. The zero-order chi connectivity index (χ0) is 12.1. The van der Waals surface area contributed by atoms with Crippen LogP contribution in [-0.2, 0) is 19.2 Å². The molecule has 0 amide bonds. The Morgan fingerprint density at radius 3 is 1.38 bits per heavy atom. The van der Waals surface area contributed by atoms with Gasteiger partial charge in [-0.2, -0.15) is 0 Å². The first kappa shape index (κ1) is 10.8. The van der Waals surface area contributed by atoms with Crippen molar-refractivity contribution in [2.75, 3.05) is 0 Å². The Balaban J connectivity index is 2.47. The minimum absolute atomic E-state index is 0.0563. The van der Waals surface area contributed by atoms with Crippen molar-refractivity contribution in [2.45, 2.75) is 25.7 Å². The van der Waals surface area contributed by atoms with Crippen LogP contribution in [0.15, 0.2) is 0 Å². The van der Waals surface area contributed by atoms with Crippen molar-refractivity contribution in [3.63, 3.8) is 0 Å². The van der Waals surface area contributed by atoms with Crippen LogP contribution in [0, 0.1) is 10.8 Å². The zero-order valence-electron chi connectivity index (χ0n) is 8.36. The number of fused-ring (bicyclic) bond motifs is 3. The molecule has 0 heterocycles. The van der Waals surface area contributed by atoms with Gasteiger partial charge < -0.3 is 10.2 Å². The van der Waals surface area contributed by atoms with Crippen LogP contribution in [-0.4, -0.2) is 33.7 Å². The molecule has 0 spiro atoms. The van der Waals surface area contributed by atoms with Crippen molar-refractivity contribution < 1.29 is 29.4 Å². The third-order valence-electron chi connectivity index (χ3n) is 3.79. The van der Waals surface area contributed by atoms with Crippen LogP contribution in [0.25, 0.3) is 0 Å². The molecule has 2 bridgehead atoms. The molecule has 0 aromatic carbocycles. The zero-order valence-corrected chi connectivity index (χ0v) is 8.36. The topological polar surface area (TPSA) is 109 Å². The molecular formula is C10H10O6. The lowest BCUT2D eigenvalue weighted by atomic mass is 9.52. The second-order valence-electron chi connectivity index (χ2n) is 4.47. The lowest BCUT2D eigenvalue weighted by Gasteiger charge is -2.45. The Kier molecular flexibility index (Phi) is 1.95. The lowest BCUT2D eigenvalue weighted by molar-refractivity contribution is -0.179. The molecule has 3 aliphatic carbocycles. The van der Waals surface area contributed by atoms with Gasteiger partial charge in [-0.3, -0.25) is 19.2 Å². The summed E-state index contributed by atoms with van der Waals surface area (Å²) >= 11 is 0. The minimum Gasteiger partial charge on any atom is -0.480 e. The smallest absolute Gasteiger partial charge is 0.317 e. The van der Waals surface area contributed by atoms with Crippen molar-refractivity contribution in [1.29, 1.82) is 0 Å². The standard InChI is InChI=1S/C10H10O6/c11-5-4-10(8(15)16)2-1-9(5,7(13)14)3-6(10)12/h1-4H2,(H,13,14)(H,15,16)/t9-,10-/m0/s1. The van der Waals surface area contributed by atoms with Gasteiger partial charge in [0, 0.05) is 12.8 Å². The number of Topliss-reactive ketones (excluding diaryl/α,β-unsaturated/α-hetero) is 2. The van der Waals surface area contributed by atoms with Gasteiger partial charge in [-0.05, 0) is 12.8 Å². The average Bonchev–Trinajstić information content (AvgIpc) is 2.19. The van der Waals surface area contributed by atoms with E-state index in [1.807, 2.05) is 0 Å². The number of carboxylic acid groups (broad SMARTS) is 2. The van der Waals surface area contributed by atoms with E-state index in [1.54, 1.807) is 0 Å². The monoisotopic (exact) mass is 226 g/mol. The molecule has 3 aliphatic rings. The van der Waals surface area contributed by atoms with Crippen molar-refractivity contribution >= 4 is 23.5 Å². The van der Waals surface area contributed by atoms with Gasteiger partial charge in [0.25, 0.3) is 0 Å². The molecule has 0 radical (unpaired) electrons. The molecule has 3 saturated carbocycles. The normalized spacial score (nSPS) is 37.5. The average molecular weight is 226 g/mol. The molecule has 0 unspecified atom stereocenters. The summed E-state index contributed by atoms with van der Waals surface area (Å²) in [4.78, 5) is 45.4. The fourth-order valence-electron chi connectivity index (χ4n) is 2.57. The predicted molar refractivity (Wildman–Crippen MR) is 48.6 cm³/mol. The highest BCUT2D eigenvalue weighted by atomic mass is 16.4. The van der Waals surface area contributed by atoms with Gasteiger partial charge in [-0.25, -0.2) is 0 Å². The van der Waals surface area contributed by atoms with Crippen LogP contribution >= 0.6 is 0 Å². The largest absolute Gasteiger partial charge is 0.480 e. The quantitative estimate of drug-likeness (QED) is 0.634. The van der Waals surface area contributed by atoms with Crippen molar-refractivity contribution in [2.24, 2.45) is 10.8 Å². The Hall–Kier alpha value is -1.72. The van der Waals surface area contributed by atoms with Crippen LogP contribution in [0.1, 0.15) is 25.7 Å². The van der Waals surface area contributed by atoms with E-state index in [1.165, 1.54) is 0 Å². The SMILES string of the molecule is O=C(O)[C@]12CC[C@](C(=O)O)(CC1=O)C(=O)C2. The Morgan fingerprint density at radius 2 is 1.19 bits per heavy atom. The number of ketones is 2. The molecule has 16 heavy (non-hydrogen) atoms. The van der Waals surface area contributed by atoms with Crippen molar-refractivity contribution in [3.8, 4) is 0 Å². The molecule has 0 aromatic rings. The van der Waals surface area contributed by atoms with Gasteiger partial charge in [0.2, 0.25) is 0 Å². The third kappa shape index (κ3) is 1.01. The second kappa shape index (κ2) is 2.90. The number of aliphatic carboxylic acids is 2. The summed E-state index contributed by atoms with van der Waals surface area (Å²) in [5, 5.41) is 18.0. The molecule has 6 nitrogen and oxygen atoms in total. The summed E-state index contributed by atoms with van der Waals surface area (Å²) < 4.78 is 0. The van der Waals surface area contributed by atoms with Crippen LogP contribution in [0.4, 0.5) is 0 Å². The maximum Gasteiger partial charge on any atom is 0.317 e. The summed E-state index contributed by atoms with van der Waals surface area (Å²) in [5.74, 6) is -3.89. The first-order chi connectivity index (χ1) is 7.35. The van der Waals surface area contributed by atoms with Crippen LogP contribution in [0.2, 0.25) is 0 Å². The van der Waals surface area contributed by atoms with Crippen molar-refractivity contribution in [1.82, 2.24) is 0 Å². The van der Waals surface area contributed by atoms with Crippen molar-refractivity contribution in [3.05, 3.63) is 0 Å². The van der Waals surface area contributed by atoms with Crippen LogP contribution in [0.3, 0.4) is 0 Å². The Bertz CT molecular complexity index is 385. The van der Waals surface area contributed by atoms with E-state index in [4.69, 9.17) is 10.2 Å². The maximum atomic E-state index is 11.7. The van der Waals surface area contributed by atoms with Gasteiger partial charge in [-0.15, -0.1) is 0 Å². The molecule has 0 saturated heterocycles.